The average Bonchev–Trinajstić information content (AvgIpc) is 3.01. The van der Waals surface area contributed by atoms with Crippen molar-refractivity contribution in [3.05, 3.63) is 53.8 Å². The Morgan fingerprint density at radius 2 is 1.80 bits per heavy atom. The van der Waals surface area contributed by atoms with E-state index in [-0.39, 0.29) is 51.4 Å². The van der Waals surface area contributed by atoms with Crippen LogP contribution in [0.2, 0.25) is 0 Å². The van der Waals surface area contributed by atoms with Crippen LogP contribution in [0.1, 0.15) is 26.3 Å². The van der Waals surface area contributed by atoms with Gasteiger partial charge < -0.3 is 12.5 Å². The van der Waals surface area contributed by atoms with E-state index in [2.05, 4.69) is 5.10 Å². The number of fused-ring (bicyclic) bond motifs is 1. The predicted molar refractivity (Wildman–Crippen MR) is 100 cm³/mol. The Labute approximate surface area is 174 Å². The molecule has 3 aromatic rings. The van der Waals surface area contributed by atoms with Crippen LogP contribution in [-0.4, -0.2) is 19.5 Å². The molecule has 0 bridgehead atoms. The molecule has 1 N–H and O–H groups in total. The van der Waals surface area contributed by atoms with Crippen molar-refractivity contribution < 1.29 is 37.8 Å². The van der Waals surface area contributed by atoms with E-state index in [4.69, 9.17) is 0 Å². The second kappa shape index (κ2) is 9.88. The third-order valence-corrected chi connectivity index (χ3v) is 3.81. The Kier molecular flexibility index (Phi) is 9.30. The third kappa shape index (κ3) is 4.21. The number of pyridine rings is 1. The SMILES string of the molecule is CC.CCn1cc2c(O)c(-c3ccccc3C)c(=O)n(C)c2n1.[CH3-].[Y]. The number of aromatic nitrogens is 3. The van der Waals surface area contributed by atoms with Crippen molar-refractivity contribution in [2.75, 3.05) is 0 Å². The molecule has 1 radical (unpaired) electrons. The first-order chi connectivity index (χ1) is 11.0. The van der Waals surface area contributed by atoms with Gasteiger partial charge in [-0.05, 0) is 25.0 Å². The molecule has 0 unspecified atom stereocenters. The van der Waals surface area contributed by atoms with Crippen LogP contribution < -0.4 is 5.56 Å². The molecule has 1 aromatic carbocycles. The zero-order valence-electron chi connectivity index (χ0n) is 15.9. The van der Waals surface area contributed by atoms with Crippen molar-refractivity contribution in [3.8, 4) is 16.9 Å². The molecule has 3 rings (SSSR count). The number of nitrogens with zero attached hydrogens (tertiary/aromatic N) is 3. The molecule has 25 heavy (non-hydrogen) atoms. The van der Waals surface area contributed by atoms with Gasteiger partial charge in [0.25, 0.3) is 5.56 Å². The Morgan fingerprint density at radius 1 is 1.20 bits per heavy atom. The van der Waals surface area contributed by atoms with Gasteiger partial charge in [0, 0.05) is 52.5 Å². The molecule has 0 aliphatic rings. The minimum Gasteiger partial charge on any atom is -0.506 e. The maximum atomic E-state index is 12.6. The summed E-state index contributed by atoms with van der Waals surface area (Å²) in [6, 6.07) is 7.55. The summed E-state index contributed by atoms with van der Waals surface area (Å²) < 4.78 is 3.20. The van der Waals surface area contributed by atoms with Crippen LogP contribution in [0.4, 0.5) is 0 Å². The quantitative estimate of drug-likeness (QED) is 0.644. The summed E-state index contributed by atoms with van der Waals surface area (Å²) in [5, 5.41) is 15.5. The molecule has 0 saturated heterocycles. The maximum Gasteiger partial charge on any atom is 0.263 e. The second-order valence-electron chi connectivity index (χ2n) is 5.12. The number of hydrogen-bond acceptors (Lipinski definition) is 3. The van der Waals surface area contributed by atoms with Gasteiger partial charge in [0.15, 0.2) is 5.65 Å². The molecule has 2 heterocycles. The first-order valence-electron chi connectivity index (χ1n) is 7.89. The first-order valence-corrected chi connectivity index (χ1v) is 7.89. The number of hydrogen-bond donors (Lipinski definition) is 1. The smallest absolute Gasteiger partial charge is 0.263 e. The van der Waals surface area contributed by atoms with E-state index in [0.717, 1.165) is 11.1 Å². The second-order valence-corrected chi connectivity index (χ2v) is 5.12. The van der Waals surface area contributed by atoms with E-state index >= 15 is 0 Å². The molecule has 2 aromatic heterocycles. The first kappa shape index (κ1) is 23.5. The third-order valence-electron chi connectivity index (χ3n) is 3.81. The van der Waals surface area contributed by atoms with Gasteiger partial charge in [0.1, 0.15) is 5.75 Å². The number of benzene rings is 1. The summed E-state index contributed by atoms with van der Waals surface area (Å²) >= 11 is 0. The molecule has 6 heteroatoms. The van der Waals surface area contributed by atoms with E-state index in [1.54, 1.807) is 17.9 Å². The van der Waals surface area contributed by atoms with Gasteiger partial charge in [-0.2, -0.15) is 5.10 Å². The topological polar surface area (TPSA) is 60.1 Å². The minimum absolute atomic E-state index is 0. The average molecular weight is 417 g/mol. The van der Waals surface area contributed by atoms with Crippen molar-refractivity contribution in [2.45, 2.75) is 34.2 Å². The van der Waals surface area contributed by atoms with Gasteiger partial charge in [0.05, 0.1) is 10.9 Å². The molecule has 0 amide bonds. The number of aryl methyl sites for hydroxylation is 3. The van der Waals surface area contributed by atoms with Crippen LogP contribution in [0, 0.1) is 14.4 Å². The molecule has 0 spiro atoms. The van der Waals surface area contributed by atoms with Gasteiger partial charge in [-0.1, -0.05) is 38.1 Å². The van der Waals surface area contributed by atoms with Crippen molar-refractivity contribution in [2.24, 2.45) is 7.05 Å². The summed E-state index contributed by atoms with van der Waals surface area (Å²) in [5.41, 5.74) is 2.29. The fourth-order valence-electron chi connectivity index (χ4n) is 2.58. The summed E-state index contributed by atoms with van der Waals surface area (Å²) in [4.78, 5) is 12.6. The van der Waals surface area contributed by atoms with E-state index in [0.29, 0.717) is 23.1 Å². The normalized spacial score (nSPS) is 9.64. The van der Waals surface area contributed by atoms with Gasteiger partial charge in [-0.25, -0.2) is 0 Å². The van der Waals surface area contributed by atoms with Crippen molar-refractivity contribution in [3.63, 3.8) is 0 Å². The van der Waals surface area contributed by atoms with Gasteiger partial charge in [0.2, 0.25) is 0 Å². The Hall–Kier alpha value is -1.46. The van der Waals surface area contributed by atoms with Crippen LogP contribution in [0.3, 0.4) is 0 Å². The fourth-order valence-corrected chi connectivity index (χ4v) is 2.58. The Balaban J connectivity index is 0.00000139. The van der Waals surface area contributed by atoms with E-state index in [1.165, 1.54) is 4.57 Å². The molecule has 0 aliphatic carbocycles. The Bertz CT molecular complexity index is 898. The molecular formula is C19H26N3O2Y-. The summed E-state index contributed by atoms with van der Waals surface area (Å²) in [6.45, 7) is 8.57. The van der Waals surface area contributed by atoms with Gasteiger partial charge in [-0.15, -0.1) is 0 Å². The zero-order valence-corrected chi connectivity index (χ0v) is 18.7. The van der Waals surface area contributed by atoms with Crippen LogP contribution in [0.15, 0.2) is 35.3 Å². The van der Waals surface area contributed by atoms with Crippen molar-refractivity contribution >= 4 is 11.0 Å². The summed E-state index contributed by atoms with van der Waals surface area (Å²) in [7, 11) is 1.68. The van der Waals surface area contributed by atoms with Crippen LogP contribution in [0.25, 0.3) is 22.2 Å². The van der Waals surface area contributed by atoms with E-state index < -0.39 is 0 Å². The summed E-state index contributed by atoms with van der Waals surface area (Å²) in [6.07, 6.45) is 1.77. The molecule has 0 aliphatic heterocycles. The van der Waals surface area contributed by atoms with Gasteiger partial charge in [-0.3, -0.25) is 14.0 Å². The van der Waals surface area contributed by atoms with Gasteiger partial charge >= 0.3 is 0 Å². The number of aromatic hydroxyl groups is 1. The molecule has 0 saturated carbocycles. The number of rotatable bonds is 2. The van der Waals surface area contributed by atoms with Crippen molar-refractivity contribution in [1.82, 2.24) is 14.3 Å². The van der Waals surface area contributed by atoms with Crippen LogP contribution in [-0.2, 0) is 46.3 Å². The molecule has 0 atom stereocenters. The van der Waals surface area contributed by atoms with Crippen molar-refractivity contribution in [1.29, 1.82) is 0 Å². The zero-order chi connectivity index (χ0) is 17.1. The Morgan fingerprint density at radius 3 is 2.36 bits per heavy atom. The maximum absolute atomic E-state index is 12.6. The molecule has 5 nitrogen and oxygen atoms in total. The molecular weight excluding hydrogens is 391 g/mol. The van der Waals surface area contributed by atoms with E-state index in [1.807, 2.05) is 52.0 Å². The fraction of sp³-hybridized carbons (Fsp3) is 0.316. The summed E-state index contributed by atoms with van der Waals surface area (Å²) in [5.74, 6) is 0.00194. The molecule has 0 fully saturated rings. The van der Waals surface area contributed by atoms with Crippen LogP contribution in [0.5, 0.6) is 5.75 Å². The monoisotopic (exact) mass is 417 g/mol. The predicted octanol–water partition coefficient (Wildman–Crippen LogP) is 3.91. The molecule has 133 valence electrons. The standard InChI is InChI=1S/C16H17N3O2.C2H6.CH3.Y/c1-4-19-9-12-14(20)13(11-8-6-5-7-10(11)2)16(21)18(3)15(12)17-19;1-2;;/h5-9,20H,4H2,1-3H3;1-2H3;1H3;/q;;-1;. The minimum atomic E-state index is -0.240. The van der Waals surface area contributed by atoms with Crippen LogP contribution >= 0.6 is 0 Å². The van der Waals surface area contributed by atoms with E-state index in [9.17, 15) is 9.90 Å². The largest absolute Gasteiger partial charge is 0.506 e.